The molecule has 21 heavy (non-hydrogen) atoms. The molecule has 6 heteroatoms. The van der Waals surface area contributed by atoms with Crippen molar-refractivity contribution in [3.05, 3.63) is 81.5 Å². The van der Waals surface area contributed by atoms with Crippen LogP contribution in [-0.2, 0) is 0 Å². The third-order valence-electron chi connectivity index (χ3n) is 2.69. The summed E-state index contributed by atoms with van der Waals surface area (Å²) in [5.74, 6) is -0.161. The molecule has 0 heterocycles. The Bertz CT molecular complexity index is 699. The van der Waals surface area contributed by atoms with Gasteiger partial charge in [0.05, 0.1) is 4.92 Å². The van der Waals surface area contributed by atoms with E-state index in [-0.39, 0.29) is 16.5 Å². The number of benzene rings is 2. The number of nitrogens with one attached hydrogen (secondary N) is 1. The van der Waals surface area contributed by atoms with Gasteiger partial charge in [-0.3, -0.25) is 14.9 Å². The number of rotatable bonds is 5. The number of hydrogen-bond acceptors (Lipinski definition) is 4. The van der Waals surface area contributed by atoms with E-state index in [0.717, 1.165) is 0 Å². The van der Waals surface area contributed by atoms with Crippen molar-refractivity contribution >= 4 is 28.8 Å². The highest BCUT2D eigenvalue weighted by Crippen LogP contribution is 2.27. The molecule has 0 saturated carbocycles. The third-order valence-corrected chi connectivity index (χ3v) is 3.01. The summed E-state index contributed by atoms with van der Waals surface area (Å²) >= 11 is 5.71. The van der Waals surface area contributed by atoms with E-state index in [2.05, 4.69) is 5.32 Å². The Morgan fingerprint density at radius 2 is 1.90 bits per heavy atom. The molecule has 0 aromatic heterocycles. The fourth-order valence-corrected chi connectivity index (χ4v) is 1.84. The predicted octanol–water partition coefficient (Wildman–Crippen LogP) is 4.06. The average Bonchev–Trinajstić information content (AvgIpc) is 2.49. The van der Waals surface area contributed by atoms with Crippen LogP contribution >= 0.6 is 11.6 Å². The molecule has 0 aliphatic heterocycles. The van der Waals surface area contributed by atoms with Gasteiger partial charge in [0.1, 0.15) is 5.02 Å². The largest absolute Gasteiger partial charge is 0.361 e. The van der Waals surface area contributed by atoms with Crippen LogP contribution in [0.5, 0.6) is 0 Å². The summed E-state index contributed by atoms with van der Waals surface area (Å²) in [6, 6.07) is 13.1. The van der Waals surface area contributed by atoms with E-state index in [1.165, 1.54) is 24.4 Å². The lowest BCUT2D eigenvalue weighted by Gasteiger charge is -2.01. The summed E-state index contributed by atoms with van der Waals surface area (Å²) in [6.45, 7) is 0. The first-order valence-electron chi connectivity index (χ1n) is 6.04. The molecule has 106 valence electrons. The SMILES string of the molecule is O=C(/C=C/Nc1ccc(Cl)c([N+](=O)[O-])c1)c1ccccc1. The van der Waals surface area contributed by atoms with E-state index in [1.807, 2.05) is 6.07 Å². The number of allylic oxidation sites excluding steroid dienone is 1. The Morgan fingerprint density at radius 3 is 2.57 bits per heavy atom. The molecule has 5 nitrogen and oxygen atoms in total. The van der Waals surface area contributed by atoms with Crippen LogP contribution < -0.4 is 5.32 Å². The van der Waals surface area contributed by atoms with Gasteiger partial charge in [-0.25, -0.2) is 0 Å². The predicted molar refractivity (Wildman–Crippen MR) is 81.6 cm³/mol. The normalized spacial score (nSPS) is 10.5. The minimum absolute atomic E-state index is 0.0647. The minimum Gasteiger partial charge on any atom is -0.361 e. The highest BCUT2D eigenvalue weighted by molar-refractivity contribution is 6.32. The first-order valence-corrected chi connectivity index (χ1v) is 6.42. The molecule has 1 N–H and O–H groups in total. The number of halogens is 1. The molecule has 0 radical (unpaired) electrons. The lowest BCUT2D eigenvalue weighted by molar-refractivity contribution is -0.384. The van der Waals surface area contributed by atoms with Gasteiger partial charge in [0.25, 0.3) is 5.69 Å². The van der Waals surface area contributed by atoms with Crippen LogP contribution in [0.3, 0.4) is 0 Å². The molecule has 2 rings (SSSR count). The van der Waals surface area contributed by atoms with E-state index in [1.54, 1.807) is 30.3 Å². The van der Waals surface area contributed by atoms with Gasteiger partial charge in [0.15, 0.2) is 5.78 Å². The van der Waals surface area contributed by atoms with E-state index >= 15 is 0 Å². The maximum Gasteiger partial charge on any atom is 0.289 e. The molecule has 0 unspecified atom stereocenters. The quantitative estimate of drug-likeness (QED) is 0.391. The van der Waals surface area contributed by atoms with Crippen molar-refractivity contribution in [2.24, 2.45) is 0 Å². The fraction of sp³-hybridized carbons (Fsp3) is 0. The van der Waals surface area contributed by atoms with Crippen molar-refractivity contribution in [2.45, 2.75) is 0 Å². The molecule has 0 amide bonds. The van der Waals surface area contributed by atoms with E-state index in [9.17, 15) is 14.9 Å². The molecule has 0 aliphatic rings. The van der Waals surface area contributed by atoms with Gasteiger partial charge in [0, 0.05) is 29.6 Å². The summed E-state index contributed by atoms with van der Waals surface area (Å²) in [7, 11) is 0. The molecular formula is C15H11ClN2O3. The van der Waals surface area contributed by atoms with Crippen LogP contribution in [0.2, 0.25) is 5.02 Å². The van der Waals surface area contributed by atoms with Crippen molar-refractivity contribution in [3.8, 4) is 0 Å². The molecule has 0 saturated heterocycles. The monoisotopic (exact) mass is 302 g/mol. The average molecular weight is 303 g/mol. The molecular weight excluding hydrogens is 292 g/mol. The third kappa shape index (κ3) is 3.90. The zero-order valence-corrected chi connectivity index (χ0v) is 11.6. The first-order chi connectivity index (χ1) is 10.1. The van der Waals surface area contributed by atoms with E-state index < -0.39 is 4.92 Å². The molecule has 0 aliphatic carbocycles. The topological polar surface area (TPSA) is 72.2 Å². The van der Waals surface area contributed by atoms with Gasteiger partial charge in [0.2, 0.25) is 0 Å². The van der Waals surface area contributed by atoms with Crippen LogP contribution in [0.4, 0.5) is 11.4 Å². The van der Waals surface area contributed by atoms with Crippen LogP contribution in [0, 0.1) is 10.1 Å². The van der Waals surface area contributed by atoms with Crippen molar-refractivity contribution in [1.29, 1.82) is 0 Å². The first kappa shape index (κ1) is 14.7. The highest BCUT2D eigenvalue weighted by Gasteiger charge is 2.12. The lowest BCUT2D eigenvalue weighted by Crippen LogP contribution is -1.96. The van der Waals surface area contributed by atoms with Gasteiger partial charge >= 0.3 is 0 Å². The fourth-order valence-electron chi connectivity index (χ4n) is 1.65. The van der Waals surface area contributed by atoms with Crippen LogP contribution in [0.15, 0.2) is 60.8 Å². The number of nitro groups is 1. The summed E-state index contributed by atoms with van der Waals surface area (Å²) in [6.07, 6.45) is 2.79. The van der Waals surface area contributed by atoms with Gasteiger partial charge in [-0.05, 0) is 12.1 Å². The molecule has 0 atom stereocenters. The summed E-state index contributed by atoms with van der Waals surface area (Å²) in [5.41, 5.74) is 0.852. The van der Waals surface area contributed by atoms with E-state index in [0.29, 0.717) is 11.3 Å². The Hall–Kier alpha value is -2.66. The van der Waals surface area contributed by atoms with Gasteiger partial charge in [-0.15, -0.1) is 0 Å². The van der Waals surface area contributed by atoms with Crippen LogP contribution in [0.25, 0.3) is 0 Å². The number of ketones is 1. The summed E-state index contributed by atoms with van der Waals surface area (Å²) in [5, 5.41) is 13.6. The minimum atomic E-state index is -0.563. The number of hydrogen-bond donors (Lipinski definition) is 1. The molecule has 2 aromatic carbocycles. The Balaban J connectivity index is 2.06. The zero-order valence-electron chi connectivity index (χ0n) is 10.8. The van der Waals surface area contributed by atoms with Gasteiger partial charge in [-0.2, -0.15) is 0 Å². The van der Waals surface area contributed by atoms with E-state index in [4.69, 9.17) is 11.6 Å². The van der Waals surface area contributed by atoms with Crippen molar-refractivity contribution in [3.63, 3.8) is 0 Å². The second-order valence-corrected chi connectivity index (χ2v) is 4.54. The number of carbonyl (C=O) groups is 1. The van der Waals surface area contributed by atoms with Crippen LogP contribution in [-0.4, -0.2) is 10.7 Å². The molecule has 0 spiro atoms. The van der Waals surface area contributed by atoms with Crippen molar-refractivity contribution in [1.82, 2.24) is 0 Å². The maximum absolute atomic E-state index is 11.8. The van der Waals surface area contributed by atoms with Crippen LogP contribution in [0.1, 0.15) is 10.4 Å². The smallest absolute Gasteiger partial charge is 0.289 e. The number of carbonyl (C=O) groups excluding carboxylic acids is 1. The Kier molecular flexibility index (Phi) is 4.68. The Labute approximate surface area is 126 Å². The second-order valence-electron chi connectivity index (χ2n) is 4.13. The number of nitrogens with zero attached hydrogens (tertiary/aromatic N) is 1. The number of anilines is 1. The van der Waals surface area contributed by atoms with Crippen molar-refractivity contribution < 1.29 is 9.72 Å². The maximum atomic E-state index is 11.8. The van der Waals surface area contributed by atoms with Crippen molar-refractivity contribution in [2.75, 3.05) is 5.32 Å². The molecule has 0 fully saturated rings. The highest BCUT2D eigenvalue weighted by atomic mass is 35.5. The summed E-state index contributed by atoms with van der Waals surface area (Å²) < 4.78 is 0. The van der Waals surface area contributed by atoms with Gasteiger partial charge in [-0.1, -0.05) is 41.9 Å². The molecule has 2 aromatic rings. The number of nitro benzene ring substituents is 1. The summed E-state index contributed by atoms with van der Waals surface area (Å²) in [4.78, 5) is 22.0. The lowest BCUT2D eigenvalue weighted by atomic mass is 10.1. The molecule has 0 bridgehead atoms. The second kappa shape index (κ2) is 6.67. The Morgan fingerprint density at radius 1 is 1.19 bits per heavy atom. The van der Waals surface area contributed by atoms with Gasteiger partial charge < -0.3 is 5.32 Å². The standard InChI is InChI=1S/C15H11ClN2O3/c16-13-7-6-12(10-14(13)18(20)21)17-9-8-15(19)11-4-2-1-3-5-11/h1-10,17H/b9-8+. The zero-order chi connectivity index (χ0) is 15.2.